The van der Waals surface area contributed by atoms with Gasteiger partial charge in [-0.15, -0.1) is 0 Å². The van der Waals surface area contributed by atoms with Gasteiger partial charge in [0.2, 0.25) is 0 Å². The first kappa shape index (κ1) is 14.3. The van der Waals surface area contributed by atoms with Crippen LogP contribution in [0.3, 0.4) is 0 Å². The molecule has 1 unspecified atom stereocenters. The average Bonchev–Trinajstić information content (AvgIpc) is 2.81. The molecule has 18 heavy (non-hydrogen) atoms. The largest absolute Gasteiger partial charge is 0.381 e. The summed E-state index contributed by atoms with van der Waals surface area (Å²) in [6, 6.07) is 0.745. The van der Waals surface area contributed by atoms with Crippen LogP contribution in [0.25, 0.3) is 0 Å². The Morgan fingerprint density at radius 2 is 1.78 bits per heavy atom. The Bertz CT molecular complexity index is 229. The Morgan fingerprint density at radius 1 is 1.06 bits per heavy atom. The topological polar surface area (TPSA) is 38.5 Å². The maximum Gasteiger partial charge on any atom is 0.0484 e. The van der Waals surface area contributed by atoms with Crippen molar-refractivity contribution in [3.05, 3.63) is 0 Å². The van der Waals surface area contributed by atoms with E-state index in [1.165, 1.54) is 44.9 Å². The molecule has 0 spiro atoms. The first-order valence-electron chi connectivity index (χ1n) is 7.79. The Balaban J connectivity index is 2.04. The molecule has 0 bridgehead atoms. The molecule has 0 aromatic rings. The predicted molar refractivity (Wildman–Crippen MR) is 75.7 cm³/mol. The van der Waals surface area contributed by atoms with Crippen LogP contribution >= 0.6 is 0 Å². The molecule has 0 radical (unpaired) electrons. The molecule has 2 rings (SSSR count). The molecule has 1 atom stereocenters. The van der Waals surface area contributed by atoms with E-state index < -0.39 is 0 Å². The second-order valence-electron chi connectivity index (χ2n) is 6.15. The molecule has 1 saturated carbocycles. The van der Waals surface area contributed by atoms with Crippen molar-refractivity contribution in [1.82, 2.24) is 4.90 Å². The first-order valence-corrected chi connectivity index (χ1v) is 7.79. The van der Waals surface area contributed by atoms with E-state index in [-0.39, 0.29) is 5.54 Å². The fraction of sp³-hybridized carbons (Fsp3) is 1.00. The third-order valence-corrected chi connectivity index (χ3v) is 5.14. The Morgan fingerprint density at radius 3 is 2.44 bits per heavy atom. The zero-order chi connectivity index (χ0) is 12.8. The summed E-state index contributed by atoms with van der Waals surface area (Å²) >= 11 is 0. The Kier molecular flexibility index (Phi) is 5.46. The van der Waals surface area contributed by atoms with Crippen LogP contribution in [-0.2, 0) is 4.74 Å². The van der Waals surface area contributed by atoms with Gasteiger partial charge in [0.15, 0.2) is 0 Å². The standard InChI is InChI=1S/C15H30N2O/c1-17(14-7-4-2-3-5-8-14)15(13-16)9-6-11-18-12-10-15/h14H,2-13,16H2,1H3. The minimum Gasteiger partial charge on any atom is -0.381 e. The lowest BCUT2D eigenvalue weighted by atomic mass is 9.86. The minimum absolute atomic E-state index is 0.200. The highest BCUT2D eigenvalue weighted by molar-refractivity contribution is 4.94. The molecule has 3 heteroatoms. The zero-order valence-electron chi connectivity index (χ0n) is 12.0. The molecule has 2 aliphatic rings. The van der Waals surface area contributed by atoms with Gasteiger partial charge >= 0.3 is 0 Å². The van der Waals surface area contributed by atoms with Crippen molar-refractivity contribution in [2.45, 2.75) is 69.4 Å². The molecule has 0 amide bonds. The second-order valence-corrected chi connectivity index (χ2v) is 6.15. The van der Waals surface area contributed by atoms with Gasteiger partial charge in [0.05, 0.1) is 0 Å². The SMILES string of the molecule is CN(C1CCCCCC1)C1(CN)CCCOCC1. The molecular weight excluding hydrogens is 224 g/mol. The van der Waals surface area contributed by atoms with Gasteiger partial charge in [0.1, 0.15) is 0 Å². The molecule has 2 fully saturated rings. The van der Waals surface area contributed by atoms with Crippen LogP contribution in [0.5, 0.6) is 0 Å². The van der Waals surface area contributed by atoms with E-state index in [9.17, 15) is 0 Å². The monoisotopic (exact) mass is 254 g/mol. The second kappa shape index (κ2) is 6.88. The molecule has 1 aliphatic heterocycles. The van der Waals surface area contributed by atoms with Crippen LogP contribution in [0.15, 0.2) is 0 Å². The quantitative estimate of drug-likeness (QED) is 0.787. The third-order valence-electron chi connectivity index (χ3n) is 5.14. The van der Waals surface area contributed by atoms with Crippen LogP contribution in [0.4, 0.5) is 0 Å². The lowest BCUT2D eigenvalue weighted by molar-refractivity contribution is 0.0477. The zero-order valence-corrected chi connectivity index (χ0v) is 12.0. The molecule has 1 heterocycles. The van der Waals surface area contributed by atoms with Crippen LogP contribution in [0.2, 0.25) is 0 Å². The summed E-state index contributed by atoms with van der Waals surface area (Å²) in [5, 5.41) is 0. The van der Waals surface area contributed by atoms with Crippen molar-refractivity contribution in [2.75, 3.05) is 26.8 Å². The van der Waals surface area contributed by atoms with Crippen LogP contribution < -0.4 is 5.73 Å². The van der Waals surface area contributed by atoms with E-state index in [1.807, 2.05) is 0 Å². The Labute approximate surface area is 112 Å². The molecule has 2 N–H and O–H groups in total. The summed E-state index contributed by atoms with van der Waals surface area (Å²) < 4.78 is 5.63. The van der Waals surface area contributed by atoms with Crippen LogP contribution in [0.1, 0.15) is 57.8 Å². The van der Waals surface area contributed by atoms with E-state index in [0.717, 1.165) is 38.6 Å². The molecular formula is C15H30N2O. The summed E-state index contributed by atoms with van der Waals surface area (Å²) in [4.78, 5) is 2.63. The normalized spacial score (nSPS) is 32.2. The van der Waals surface area contributed by atoms with E-state index in [4.69, 9.17) is 10.5 Å². The van der Waals surface area contributed by atoms with Crippen molar-refractivity contribution >= 4 is 0 Å². The number of rotatable bonds is 3. The first-order chi connectivity index (χ1) is 8.78. The third kappa shape index (κ3) is 3.25. The Hall–Kier alpha value is -0.120. The summed E-state index contributed by atoms with van der Waals surface area (Å²) in [7, 11) is 2.31. The summed E-state index contributed by atoms with van der Waals surface area (Å²) in [6.07, 6.45) is 11.8. The van der Waals surface area contributed by atoms with Crippen molar-refractivity contribution in [1.29, 1.82) is 0 Å². The highest BCUT2D eigenvalue weighted by Crippen LogP contribution is 2.32. The van der Waals surface area contributed by atoms with Crippen molar-refractivity contribution in [3.63, 3.8) is 0 Å². The summed E-state index contributed by atoms with van der Waals surface area (Å²) in [6.45, 7) is 2.58. The van der Waals surface area contributed by atoms with E-state index in [1.54, 1.807) is 0 Å². The predicted octanol–water partition coefficient (Wildman–Crippen LogP) is 2.54. The molecule has 0 aromatic carbocycles. The highest BCUT2D eigenvalue weighted by Gasteiger charge is 2.37. The molecule has 1 aliphatic carbocycles. The van der Waals surface area contributed by atoms with Crippen molar-refractivity contribution in [3.8, 4) is 0 Å². The minimum atomic E-state index is 0.200. The van der Waals surface area contributed by atoms with Gasteiger partial charge in [0, 0.05) is 31.3 Å². The summed E-state index contributed by atoms with van der Waals surface area (Å²) in [5.41, 5.74) is 6.36. The summed E-state index contributed by atoms with van der Waals surface area (Å²) in [5.74, 6) is 0. The number of nitrogens with two attached hydrogens (primary N) is 1. The number of nitrogens with zero attached hydrogens (tertiary/aromatic N) is 1. The van der Waals surface area contributed by atoms with Crippen LogP contribution in [-0.4, -0.2) is 43.3 Å². The van der Waals surface area contributed by atoms with E-state index in [2.05, 4.69) is 11.9 Å². The fourth-order valence-electron chi connectivity index (χ4n) is 3.73. The molecule has 1 saturated heterocycles. The molecule has 0 aromatic heterocycles. The number of hydrogen-bond donors (Lipinski definition) is 1. The maximum atomic E-state index is 6.16. The lowest BCUT2D eigenvalue weighted by Gasteiger charge is -2.45. The van der Waals surface area contributed by atoms with Gasteiger partial charge in [-0.3, -0.25) is 4.90 Å². The number of likely N-dealkylation sites (N-methyl/N-ethyl adjacent to an activating group) is 1. The van der Waals surface area contributed by atoms with E-state index >= 15 is 0 Å². The van der Waals surface area contributed by atoms with Crippen molar-refractivity contribution < 1.29 is 4.74 Å². The van der Waals surface area contributed by atoms with Gasteiger partial charge in [-0.1, -0.05) is 25.7 Å². The van der Waals surface area contributed by atoms with Gasteiger partial charge in [-0.25, -0.2) is 0 Å². The van der Waals surface area contributed by atoms with Gasteiger partial charge < -0.3 is 10.5 Å². The highest BCUT2D eigenvalue weighted by atomic mass is 16.5. The molecule has 3 nitrogen and oxygen atoms in total. The lowest BCUT2D eigenvalue weighted by Crippen LogP contribution is -2.56. The molecule has 106 valence electrons. The fourth-order valence-corrected chi connectivity index (χ4v) is 3.73. The van der Waals surface area contributed by atoms with Crippen molar-refractivity contribution in [2.24, 2.45) is 5.73 Å². The number of ether oxygens (including phenoxy) is 1. The van der Waals surface area contributed by atoms with Gasteiger partial charge in [-0.2, -0.15) is 0 Å². The number of hydrogen-bond acceptors (Lipinski definition) is 3. The van der Waals surface area contributed by atoms with Gasteiger partial charge in [0.25, 0.3) is 0 Å². The van der Waals surface area contributed by atoms with Gasteiger partial charge in [-0.05, 0) is 39.2 Å². The average molecular weight is 254 g/mol. The maximum absolute atomic E-state index is 6.16. The van der Waals surface area contributed by atoms with E-state index in [0.29, 0.717) is 0 Å². The van der Waals surface area contributed by atoms with Crippen LogP contribution in [0, 0.1) is 0 Å². The smallest absolute Gasteiger partial charge is 0.0484 e.